The third kappa shape index (κ3) is 2.37. The molecule has 1 spiro atoms. The Bertz CT molecular complexity index is 368. The number of nitrogens with zero attached hydrogens (tertiary/aromatic N) is 1. The lowest BCUT2D eigenvalue weighted by molar-refractivity contribution is -0.154. The minimum absolute atomic E-state index is 0.0482. The van der Waals surface area contributed by atoms with E-state index in [2.05, 4.69) is 5.32 Å². The summed E-state index contributed by atoms with van der Waals surface area (Å²) in [5.74, 6) is 0.255. The molecular weight excluding hydrogens is 240 g/mol. The molecule has 1 saturated heterocycles. The quantitative estimate of drug-likeness (QED) is 0.787. The van der Waals surface area contributed by atoms with Gasteiger partial charge in [-0.25, -0.2) is 0 Å². The van der Waals surface area contributed by atoms with Crippen molar-refractivity contribution in [3.63, 3.8) is 0 Å². The standard InChI is InChI=1S/C15H24N2O2/c18-13-11-17(12-7-3-1-4-8-12)14(19)15(16-13)9-5-2-6-10-15/h12H,1-11H2,(H,16,18). The first-order valence-corrected chi connectivity index (χ1v) is 7.83. The number of nitrogens with one attached hydrogen (secondary N) is 1. The average molecular weight is 264 g/mol. The Kier molecular flexibility index (Phi) is 3.50. The summed E-state index contributed by atoms with van der Waals surface area (Å²) in [6, 6.07) is 0.311. The molecule has 2 saturated carbocycles. The second-order valence-corrected chi connectivity index (χ2v) is 6.42. The summed E-state index contributed by atoms with van der Waals surface area (Å²) in [5.41, 5.74) is -0.551. The molecule has 4 heteroatoms. The molecule has 3 aliphatic rings. The van der Waals surface area contributed by atoms with Crippen LogP contribution in [0.25, 0.3) is 0 Å². The van der Waals surface area contributed by atoms with Gasteiger partial charge in [-0.05, 0) is 25.7 Å². The van der Waals surface area contributed by atoms with Gasteiger partial charge in [-0.1, -0.05) is 38.5 Å². The lowest BCUT2D eigenvalue weighted by Gasteiger charge is -2.47. The summed E-state index contributed by atoms with van der Waals surface area (Å²) < 4.78 is 0. The molecule has 0 aromatic carbocycles. The van der Waals surface area contributed by atoms with Crippen molar-refractivity contribution in [2.24, 2.45) is 0 Å². The first-order valence-electron chi connectivity index (χ1n) is 7.83. The number of rotatable bonds is 1. The van der Waals surface area contributed by atoms with E-state index in [4.69, 9.17) is 0 Å². The fourth-order valence-corrected chi connectivity index (χ4v) is 4.04. The smallest absolute Gasteiger partial charge is 0.249 e. The molecule has 3 rings (SSSR count). The van der Waals surface area contributed by atoms with Gasteiger partial charge in [-0.3, -0.25) is 9.59 Å². The summed E-state index contributed by atoms with van der Waals surface area (Å²) in [6.07, 6.45) is 10.8. The van der Waals surface area contributed by atoms with Crippen LogP contribution in [0.2, 0.25) is 0 Å². The summed E-state index contributed by atoms with van der Waals surface area (Å²) in [6.45, 7) is 0.283. The fourth-order valence-electron chi connectivity index (χ4n) is 4.04. The fraction of sp³-hybridized carbons (Fsp3) is 0.867. The minimum atomic E-state index is -0.551. The molecule has 1 N–H and O–H groups in total. The van der Waals surface area contributed by atoms with Crippen molar-refractivity contribution in [2.45, 2.75) is 75.8 Å². The van der Waals surface area contributed by atoms with Gasteiger partial charge in [-0.2, -0.15) is 0 Å². The maximum atomic E-state index is 12.9. The van der Waals surface area contributed by atoms with E-state index in [-0.39, 0.29) is 18.4 Å². The van der Waals surface area contributed by atoms with E-state index >= 15 is 0 Å². The lowest BCUT2D eigenvalue weighted by atomic mass is 9.78. The number of carbonyl (C=O) groups excluding carboxylic acids is 2. The van der Waals surface area contributed by atoms with Gasteiger partial charge in [0.2, 0.25) is 11.8 Å². The van der Waals surface area contributed by atoms with Crippen molar-refractivity contribution in [3.8, 4) is 0 Å². The highest BCUT2D eigenvalue weighted by molar-refractivity contribution is 5.98. The van der Waals surface area contributed by atoms with Crippen LogP contribution >= 0.6 is 0 Å². The number of hydrogen-bond acceptors (Lipinski definition) is 2. The number of hydrogen-bond donors (Lipinski definition) is 1. The molecule has 2 aliphatic carbocycles. The third-order valence-electron chi connectivity index (χ3n) is 5.09. The maximum Gasteiger partial charge on any atom is 0.249 e. The molecular formula is C15H24N2O2. The zero-order valence-electron chi connectivity index (χ0n) is 11.6. The molecule has 1 heterocycles. The van der Waals surface area contributed by atoms with E-state index in [0.717, 1.165) is 38.5 Å². The van der Waals surface area contributed by atoms with Crippen LogP contribution in [0.1, 0.15) is 64.2 Å². The zero-order valence-corrected chi connectivity index (χ0v) is 11.6. The van der Waals surface area contributed by atoms with Crippen LogP contribution in [0, 0.1) is 0 Å². The van der Waals surface area contributed by atoms with Gasteiger partial charge in [-0.15, -0.1) is 0 Å². The Hall–Kier alpha value is -1.06. The summed E-state index contributed by atoms with van der Waals surface area (Å²) >= 11 is 0. The molecule has 1 aliphatic heterocycles. The molecule has 0 atom stereocenters. The summed E-state index contributed by atoms with van der Waals surface area (Å²) in [7, 11) is 0. The number of amides is 2. The molecule has 2 amide bonds. The zero-order chi connectivity index (χ0) is 13.3. The normalized spacial score (nSPS) is 28.5. The van der Waals surface area contributed by atoms with Crippen LogP contribution in [-0.2, 0) is 9.59 Å². The highest BCUT2D eigenvalue weighted by atomic mass is 16.2. The van der Waals surface area contributed by atoms with E-state index in [9.17, 15) is 9.59 Å². The van der Waals surface area contributed by atoms with E-state index in [1.165, 1.54) is 25.7 Å². The average Bonchev–Trinajstić information content (AvgIpc) is 2.45. The lowest BCUT2D eigenvalue weighted by Crippen LogP contribution is -2.68. The minimum Gasteiger partial charge on any atom is -0.340 e. The van der Waals surface area contributed by atoms with Crippen LogP contribution in [0.5, 0.6) is 0 Å². The van der Waals surface area contributed by atoms with Gasteiger partial charge in [0.1, 0.15) is 5.54 Å². The van der Waals surface area contributed by atoms with Crippen LogP contribution in [-0.4, -0.2) is 34.8 Å². The van der Waals surface area contributed by atoms with Gasteiger partial charge >= 0.3 is 0 Å². The first kappa shape index (κ1) is 12.9. The van der Waals surface area contributed by atoms with E-state index in [0.29, 0.717) is 6.04 Å². The molecule has 0 aromatic rings. The van der Waals surface area contributed by atoms with Crippen LogP contribution in [0.3, 0.4) is 0 Å². The SMILES string of the molecule is O=C1CN(C2CCCCC2)C(=O)C2(CCCCC2)N1. The number of carbonyl (C=O) groups is 2. The molecule has 0 unspecified atom stereocenters. The van der Waals surface area contributed by atoms with Crippen molar-refractivity contribution in [1.82, 2.24) is 10.2 Å². The Morgan fingerprint density at radius 3 is 2.26 bits per heavy atom. The van der Waals surface area contributed by atoms with Gasteiger partial charge in [0, 0.05) is 6.04 Å². The third-order valence-corrected chi connectivity index (χ3v) is 5.09. The Balaban J connectivity index is 1.80. The monoisotopic (exact) mass is 264 g/mol. The van der Waals surface area contributed by atoms with Crippen molar-refractivity contribution < 1.29 is 9.59 Å². The maximum absolute atomic E-state index is 12.9. The van der Waals surface area contributed by atoms with E-state index < -0.39 is 5.54 Å². The molecule has 3 fully saturated rings. The summed E-state index contributed by atoms with van der Waals surface area (Å²) in [4.78, 5) is 26.8. The molecule has 0 aromatic heterocycles. The van der Waals surface area contributed by atoms with Gasteiger partial charge < -0.3 is 10.2 Å². The molecule has 106 valence electrons. The predicted molar refractivity (Wildman–Crippen MR) is 72.5 cm³/mol. The molecule has 0 bridgehead atoms. The van der Waals surface area contributed by atoms with Gasteiger partial charge in [0.05, 0.1) is 6.54 Å². The van der Waals surface area contributed by atoms with E-state index in [1.807, 2.05) is 4.90 Å². The summed E-state index contributed by atoms with van der Waals surface area (Å²) in [5, 5.41) is 3.02. The largest absolute Gasteiger partial charge is 0.340 e. The number of piperazine rings is 1. The Morgan fingerprint density at radius 2 is 1.58 bits per heavy atom. The first-order chi connectivity index (χ1) is 9.21. The van der Waals surface area contributed by atoms with Crippen molar-refractivity contribution in [1.29, 1.82) is 0 Å². The second kappa shape index (κ2) is 5.14. The van der Waals surface area contributed by atoms with Crippen LogP contribution in [0.4, 0.5) is 0 Å². The van der Waals surface area contributed by atoms with E-state index in [1.54, 1.807) is 0 Å². The molecule has 4 nitrogen and oxygen atoms in total. The highest BCUT2D eigenvalue weighted by Gasteiger charge is 2.48. The van der Waals surface area contributed by atoms with Crippen molar-refractivity contribution in [2.75, 3.05) is 6.54 Å². The van der Waals surface area contributed by atoms with Gasteiger partial charge in [0.25, 0.3) is 0 Å². The Labute approximate surface area is 114 Å². The molecule has 0 radical (unpaired) electrons. The van der Waals surface area contributed by atoms with Crippen LogP contribution in [0.15, 0.2) is 0 Å². The second-order valence-electron chi connectivity index (χ2n) is 6.42. The molecule has 19 heavy (non-hydrogen) atoms. The van der Waals surface area contributed by atoms with Crippen LogP contribution < -0.4 is 5.32 Å². The van der Waals surface area contributed by atoms with Crippen molar-refractivity contribution in [3.05, 3.63) is 0 Å². The van der Waals surface area contributed by atoms with Crippen molar-refractivity contribution >= 4 is 11.8 Å². The Morgan fingerprint density at radius 1 is 0.947 bits per heavy atom. The van der Waals surface area contributed by atoms with Gasteiger partial charge in [0.15, 0.2) is 0 Å². The highest BCUT2D eigenvalue weighted by Crippen LogP contribution is 2.34. The predicted octanol–water partition coefficient (Wildman–Crippen LogP) is 1.98. The topological polar surface area (TPSA) is 49.4 Å².